The molecular weight excluding hydrogens is 282 g/mol. The third-order valence-electron chi connectivity index (χ3n) is 3.83. The van der Waals surface area contributed by atoms with Gasteiger partial charge in [0.25, 0.3) is 0 Å². The molecule has 22 heavy (non-hydrogen) atoms. The Morgan fingerprint density at radius 1 is 1.32 bits per heavy atom. The third-order valence-corrected chi connectivity index (χ3v) is 3.83. The molecule has 1 heterocycles. The first-order chi connectivity index (χ1) is 10.7. The molecule has 122 valence electrons. The first-order valence-electron chi connectivity index (χ1n) is 8.08. The standard InChI is InChI=1S/C16H25N3O3/c1-3-21-15(20)12(2)22-14-10-18-16(19-11-14)17-9-13-7-5-4-6-8-13/h10-13H,3-9H2,1-2H3,(H,17,18,19). The van der Waals surface area contributed by atoms with Gasteiger partial charge in [-0.3, -0.25) is 0 Å². The Bertz CT molecular complexity index is 458. The van der Waals surface area contributed by atoms with Gasteiger partial charge in [-0.1, -0.05) is 19.3 Å². The van der Waals surface area contributed by atoms with Gasteiger partial charge in [0.15, 0.2) is 11.9 Å². The maximum absolute atomic E-state index is 11.5. The summed E-state index contributed by atoms with van der Waals surface area (Å²) in [7, 11) is 0. The highest BCUT2D eigenvalue weighted by molar-refractivity contribution is 5.74. The van der Waals surface area contributed by atoms with Crippen molar-refractivity contribution in [3.05, 3.63) is 12.4 Å². The molecular formula is C16H25N3O3. The van der Waals surface area contributed by atoms with E-state index in [1.165, 1.54) is 32.1 Å². The highest BCUT2D eigenvalue weighted by Crippen LogP contribution is 2.23. The van der Waals surface area contributed by atoms with Gasteiger partial charge in [0.05, 0.1) is 19.0 Å². The fourth-order valence-corrected chi connectivity index (χ4v) is 2.61. The monoisotopic (exact) mass is 307 g/mol. The van der Waals surface area contributed by atoms with E-state index in [-0.39, 0.29) is 5.97 Å². The van der Waals surface area contributed by atoms with E-state index in [4.69, 9.17) is 9.47 Å². The molecule has 1 atom stereocenters. The van der Waals surface area contributed by atoms with Crippen LogP contribution in [0, 0.1) is 5.92 Å². The van der Waals surface area contributed by atoms with Crippen LogP contribution in [0.4, 0.5) is 5.95 Å². The number of carbonyl (C=O) groups excluding carboxylic acids is 1. The quantitative estimate of drug-likeness (QED) is 0.781. The SMILES string of the molecule is CCOC(=O)C(C)Oc1cnc(NCC2CCCCC2)nc1. The summed E-state index contributed by atoms with van der Waals surface area (Å²) in [6, 6.07) is 0. The number of hydrogen-bond donors (Lipinski definition) is 1. The number of rotatable bonds is 7. The Balaban J connectivity index is 1.78. The summed E-state index contributed by atoms with van der Waals surface area (Å²) in [6.45, 7) is 4.67. The summed E-state index contributed by atoms with van der Waals surface area (Å²) >= 11 is 0. The van der Waals surface area contributed by atoms with Crippen molar-refractivity contribution in [1.29, 1.82) is 0 Å². The molecule has 1 aliphatic carbocycles. The van der Waals surface area contributed by atoms with Crippen molar-refractivity contribution in [3.63, 3.8) is 0 Å². The summed E-state index contributed by atoms with van der Waals surface area (Å²) in [4.78, 5) is 19.9. The molecule has 0 radical (unpaired) electrons. The lowest BCUT2D eigenvalue weighted by molar-refractivity contribution is -0.150. The number of ether oxygens (including phenoxy) is 2. The Labute approximate surface area is 131 Å². The Morgan fingerprint density at radius 2 is 2.00 bits per heavy atom. The first-order valence-corrected chi connectivity index (χ1v) is 8.08. The maximum Gasteiger partial charge on any atom is 0.347 e. The van der Waals surface area contributed by atoms with Gasteiger partial charge in [-0.15, -0.1) is 0 Å². The molecule has 0 aliphatic heterocycles. The molecule has 2 rings (SSSR count). The highest BCUT2D eigenvalue weighted by atomic mass is 16.6. The zero-order valence-corrected chi connectivity index (χ0v) is 13.4. The fourth-order valence-electron chi connectivity index (χ4n) is 2.61. The molecule has 1 unspecified atom stereocenters. The second-order valence-electron chi connectivity index (χ2n) is 5.64. The lowest BCUT2D eigenvalue weighted by Gasteiger charge is -2.21. The van der Waals surface area contributed by atoms with Gasteiger partial charge in [-0.25, -0.2) is 14.8 Å². The van der Waals surface area contributed by atoms with Crippen LogP contribution in [0.3, 0.4) is 0 Å². The van der Waals surface area contributed by atoms with E-state index < -0.39 is 6.10 Å². The molecule has 0 bridgehead atoms. The maximum atomic E-state index is 11.5. The predicted octanol–water partition coefficient (Wildman–Crippen LogP) is 2.80. The topological polar surface area (TPSA) is 73.3 Å². The van der Waals surface area contributed by atoms with Crippen molar-refractivity contribution in [3.8, 4) is 5.75 Å². The number of nitrogens with zero attached hydrogens (tertiary/aromatic N) is 2. The van der Waals surface area contributed by atoms with Crippen molar-refractivity contribution < 1.29 is 14.3 Å². The minimum absolute atomic E-state index is 0.340. The Hall–Kier alpha value is -1.85. The minimum Gasteiger partial charge on any atom is -0.476 e. The van der Waals surface area contributed by atoms with Crippen molar-refractivity contribution in [1.82, 2.24) is 9.97 Å². The van der Waals surface area contributed by atoms with E-state index in [1.807, 2.05) is 0 Å². The summed E-state index contributed by atoms with van der Waals surface area (Å²) in [6.07, 6.45) is 9.06. The zero-order valence-electron chi connectivity index (χ0n) is 13.4. The number of nitrogens with one attached hydrogen (secondary N) is 1. The van der Waals surface area contributed by atoms with Crippen LogP contribution in [0.2, 0.25) is 0 Å². The van der Waals surface area contributed by atoms with Crippen molar-refractivity contribution >= 4 is 11.9 Å². The first kappa shape index (κ1) is 16.5. The largest absolute Gasteiger partial charge is 0.476 e. The van der Waals surface area contributed by atoms with Crippen molar-refractivity contribution in [2.75, 3.05) is 18.5 Å². The molecule has 1 saturated carbocycles. The van der Waals surface area contributed by atoms with Gasteiger partial charge in [-0.2, -0.15) is 0 Å². The molecule has 1 aliphatic rings. The van der Waals surface area contributed by atoms with E-state index in [0.29, 0.717) is 18.3 Å². The lowest BCUT2D eigenvalue weighted by Crippen LogP contribution is -2.26. The van der Waals surface area contributed by atoms with E-state index in [9.17, 15) is 4.79 Å². The fraction of sp³-hybridized carbons (Fsp3) is 0.688. The van der Waals surface area contributed by atoms with Gasteiger partial charge >= 0.3 is 5.97 Å². The molecule has 0 amide bonds. The van der Waals surface area contributed by atoms with Crippen LogP contribution in [0.1, 0.15) is 46.0 Å². The highest BCUT2D eigenvalue weighted by Gasteiger charge is 2.16. The van der Waals surface area contributed by atoms with Crippen LogP contribution in [0.25, 0.3) is 0 Å². The average molecular weight is 307 g/mol. The Kier molecular flexibility index (Phi) is 6.43. The van der Waals surface area contributed by atoms with Gasteiger partial charge in [-0.05, 0) is 32.6 Å². The summed E-state index contributed by atoms with van der Waals surface area (Å²) < 4.78 is 10.3. The van der Waals surface area contributed by atoms with E-state index >= 15 is 0 Å². The minimum atomic E-state index is -0.662. The van der Waals surface area contributed by atoms with Gasteiger partial charge < -0.3 is 14.8 Å². The molecule has 1 fully saturated rings. The van der Waals surface area contributed by atoms with Crippen LogP contribution in [0.15, 0.2) is 12.4 Å². The Morgan fingerprint density at radius 3 is 2.64 bits per heavy atom. The molecule has 0 aromatic carbocycles. The molecule has 1 N–H and O–H groups in total. The van der Waals surface area contributed by atoms with Crippen LogP contribution >= 0.6 is 0 Å². The second-order valence-corrected chi connectivity index (χ2v) is 5.64. The second kappa shape index (κ2) is 8.56. The van der Waals surface area contributed by atoms with Crippen LogP contribution in [-0.4, -0.2) is 35.2 Å². The molecule has 0 saturated heterocycles. The average Bonchev–Trinajstić information content (AvgIpc) is 2.55. The molecule has 1 aromatic rings. The summed E-state index contributed by atoms with van der Waals surface area (Å²) in [5, 5.41) is 3.27. The van der Waals surface area contributed by atoms with Crippen LogP contribution in [0.5, 0.6) is 5.75 Å². The van der Waals surface area contributed by atoms with Crippen molar-refractivity contribution in [2.45, 2.75) is 52.1 Å². The van der Waals surface area contributed by atoms with Crippen LogP contribution in [-0.2, 0) is 9.53 Å². The smallest absolute Gasteiger partial charge is 0.347 e. The lowest BCUT2D eigenvalue weighted by atomic mass is 9.89. The van der Waals surface area contributed by atoms with E-state index in [1.54, 1.807) is 26.2 Å². The van der Waals surface area contributed by atoms with Crippen molar-refractivity contribution in [2.24, 2.45) is 5.92 Å². The molecule has 1 aromatic heterocycles. The third kappa shape index (κ3) is 5.16. The van der Waals surface area contributed by atoms with Crippen LogP contribution < -0.4 is 10.1 Å². The zero-order chi connectivity index (χ0) is 15.8. The van der Waals surface area contributed by atoms with Gasteiger partial charge in [0, 0.05) is 6.54 Å². The normalized spacial score (nSPS) is 16.8. The van der Waals surface area contributed by atoms with Gasteiger partial charge in [0.1, 0.15) is 0 Å². The summed E-state index contributed by atoms with van der Waals surface area (Å²) in [5.74, 6) is 1.39. The summed E-state index contributed by atoms with van der Waals surface area (Å²) in [5.41, 5.74) is 0. The molecule has 0 spiro atoms. The number of hydrogen-bond acceptors (Lipinski definition) is 6. The number of esters is 1. The number of anilines is 1. The number of aromatic nitrogens is 2. The van der Waals surface area contributed by atoms with E-state index in [0.717, 1.165) is 12.5 Å². The molecule has 6 nitrogen and oxygen atoms in total. The van der Waals surface area contributed by atoms with Gasteiger partial charge in [0.2, 0.25) is 5.95 Å². The number of carbonyl (C=O) groups is 1. The predicted molar refractivity (Wildman–Crippen MR) is 83.8 cm³/mol. The molecule has 6 heteroatoms. The van der Waals surface area contributed by atoms with E-state index in [2.05, 4.69) is 15.3 Å².